The molecule has 1 aliphatic rings. The lowest BCUT2D eigenvalue weighted by Gasteiger charge is -2.23. The van der Waals surface area contributed by atoms with Gasteiger partial charge in [0.15, 0.2) is 6.04 Å². The zero-order valence-electron chi connectivity index (χ0n) is 10.5. The molecule has 1 heterocycles. The van der Waals surface area contributed by atoms with Crippen molar-refractivity contribution in [3.8, 4) is 0 Å². The molecule has 19 heavy (non-hydrogen) atoms. The van der Waals surface area contributed by atoms with Gasteiger partial charge in [-0.25, -0.2) is 4.79 Å². The van der Waals surface area contributed by atoms with Crippen LogP contribution in [0.2, 0.25) is 0 Å². The molecule has 2 unspecified atom stereocenters. The van der Waals surface area contributed by atoms with Crippen LogP contribution in [0.15, 0.2) is 30.3 Å². The van der Waals surface area contributed by atoms with Gasteiger partial charge in [0.05, 0.1) is 5.25 Å². The molecule has 2 N–H and O–H groups in total. The van der Waals surface area contributed by atoms with E-state index in [0.29, 0.717) is 5.56 Å². The average Bonchev–Trinajstić information content (AvgIpc) is 2.46. The van der Waals surface area contributed by atoms with Crippen LogP contribution < -0.4 is 5.32 Å². The summed E-state index contributed by atoms with van der Waals surface area (Å²) in [5.41, 5.74) is 0.601. The lowest BCUT2D eigenvalue weighted by atomic mass is 10.1. The van der Waals surface area contributed by atoms with E-state index in [0.717, 1.165) is 25.0 Å². The Hall–Kier alpha value is -1.49. The van der Waals surface area contributed by atoms with Gasteiger partial charge in [0, 0.05) is 0 Å². The van der Waals surface area contributed by atoms with Crippen LogP contribution in [0.5, 0.6) is 0 Å². The van der Waals surface area contributed by atoms with Gasteiger partial charge in [-0.3, -0.25) is 4.79 Å². The zero-order valence-corrected chi connectivity index (χ0v) is 11.4. The number of carbonyl (C=O) groups excluding carboxylic acids is 1. The summed E-state index contributed by atoms with van der Waals surface area (Å²) < 4.78 is 0. The smallest absolute Gasteiger partial charge is 0.330 e. The van der Waals surface area contributed by atoms with E-state index >= 15 is 0 Å². The largest absolute Gasteiger partial charge is 0.479 e. The molecule has 0 aliphatic carbocycles. The lowest BCUT2D eigenvalue weighted by Crippen LogP contribution is -2.39. The molecule has 4 nitrogen and oxygen atoms in total. The molecule has 0 saturated carbocycles. The summed E-state index contributed by atoms with van der Waals surface area (Å²) in [4.78, 5) is 23.4. The Morgan fingerprint density at radius 2 is 2.00 bits per heavy atom. The third-order valence-electron chi connectivity index (χ3n) is 3.14. The molecule has 2 atom stereocenters. The predicted molar refractivity (Wildman–Crippen MR) is 75.1 cm³/mol. The van der Waals surface area contributed by atoms with Gasteiger partial charge in [-0.1, -0.05) is 36.8 Å². The first-order valence-corrected chi connectivity index (χ1v) is 7.43. The normalized spacial score (nSPS) is 20.5. The SMILES string of the molecule is O=C(NC(C(=O)O)c1ccccc1)C1CCCCS1. The summed E-state index contributed by atoms with van der Waals surface area (Å²) in [6.45, 7) is 0. The van der Waals surface area contributed by atoms with E-state index in [4.69, 9.17) is 0 Å². The van der Waals surface area contributed by atoms with Crippen molar-refractivity contribution in [2.24, 2.45) is 0 Å². The third kappa shape index (κ3) is 3.73. The van der Waals surface area contributed by atoms with Gasteiger partial charge in [0.25, 0.3) is 0 Å². The van der Waals surface area contributed by atoms with E-state index in [1.807, 2.05) is 6.07 Å². The van der Waals surface area contributed by atoms with E-state index in [1.54, 1.807) is 36.0 Å². The van der Waals surface area contributed by atoms with Crippen molar-refractivity contribution in [3.63, 3.8) is 0 Å². The Balaban J connectivity index is 2.04. The molecule has 1 fully saturated rings. The number of nitrogens with one attached hydrogen (secondary N) is 1. The molecular weight excluding hydrogens is 262 g/mol. The number of carbonyl (C=O) groups is 2. The van der Waals surface area contributed by atoms with Crippen molar-refractivity contribution in [2.75, 3.05) is 5.75 Å². The standard InChI is InChI=1S/C14H17NO3S/c16-13(11-8-4-5-9-19-11)15-12(14(17)18)10-6-2-1-3-7-10/h1-3,6-7,11-12H,4-5,8-9H2,(H,15,16)(H,17,18). The molecule has 0 spiro atoms. The van der Waals surface area contributed by atoms with Crippen LogP contribution in [-0.2, 0) is 9.59 Å². The fraction of sp³-hybridized carbons (Fsp3) is 0.429. The summed E-state index contributed by atoms with van der Waals surface area (Å²) in [6.07, 6.45) is 3.00. The summed E-state index contributed by atoms with van der Waals surface area (Å²) in [5.74, 6) is -0.220. The van der Waals surface area contributed by atoms with Crippen molar-refractivity contribution < 1.29 is 14.7 Å². The van der Waals surface area contributed by atoms with Crippen molar-refractivity contribution in [3.05, 3.63) is 35.9 Å². The molecule has 102 valence electrons. The number of hydrogen-bond acceptors (Lipinski definition) is 3. The minimum absolute atomic E-state index is 0.112. The first-order valence-electron chi connectivity index (χ1n) is 6.38. The molecule has 1 amide bonds. The summed E-state index contributed by atoms with van der Waals surface area (Å²) in [6, 6.07) is 7.83. The monoisotopic (exact) mass is 279 g/mol. The van der Waals surface area contributed by atoms with Crippen LogP contribution in [0, 0.1) is 0 Å². The van der Waals surface area contributed by atoms with Crippen molar-refractivity contribution in [1.82, 2.24) is 5.32 Å². The fourth-order valence-electron chi connectivity index (χ4n) is 2.12. The number of amides is 1. The van der Waals surface area contributed by atoms with Gasteiger partial charge in [-0.2, -0.15) is 0 Å². The van der Waals surface area contributed by atoms with Crippen molar-refractivity contribution in [1.29, 1.82) is 0 Å². The number of hydrogen-bond donors (Lipinski definition) is 2. The summed E-state index contributed by atoms with van der Waals surface area (Å²) in [5, 5.41) is 11.8. The lowest BCUT2D eigenvalue weighted by molar-refractivity contribution is -0.142. The van der Waals surface area contributed by atoms with Crippen LogP contribution in [0.3, 0.4) is 0 Å². The van der Waals surface area contributed by atoms with E-state index in [9.17, 15) is 14.7 Å². The Morgan fingerprint density at radius 1 is 1.26 bits per heavy atom. The highest BCUT2D eigenvalue weighted by molar-refractivity contribution is 8.00. The maximum Gasteiger partial charge on any atom is 0.330 e. The minimum atomic E-state index is -1.03. The molecular formula is C14H17NO3S. The van der Waals surface area contributed by atoms with Crippen molar-refractivity contribution in [2.45, 2.75) is 30.6 Å². The quantitative estimate of drug-likeness (QED) is 0.887. The molecule has 0 aromatic heterocycles. The van der Waals surface area contributed by atoms with Gasteiger partial charge in [-0.15, -0.1) is 11.8 Å². The number of aliphatic carboxylic acids is 1. The predicted octanol–water partition coefficient (Wildman–Crippen LogP) is 2.21. The van der Waals surface area contributed by atoms with Gasteiger partial charge in [0.2, 0.25) is 5.91 Å². The van der Waals surface area contributed by atoms with E-state index < -0.39 is 12.0 Å². The second-order valence-corrected chi connectivity index (χ2v) is 5.86. The van der Waals surface area contributed by atoms with E-state index in [-0.39, 0.29) is 11.2 Å². The van der Waals surface area contributed by atoms with Gasteiger partial charge in [-0.05, 0) is 24.2 Å². The second-order valence-electron chi connectivity index (χ2n) is 4.55. The summed E-state index contributed by atoms with van der Waals surface area (Å²) >= 11 is 1.62. The van der Waals surface area contributed by atoms with Crippen LogP contribution in [0.4, 0.5) is 0 Å². The topological polar surface area (TPSA) is 66.4 Å². The molecule has 1 aliphatic heterocycles. The minimum Gasteiger partial charge on any atom is -0.479 e. The Kier molecular flexibility index (Phi) is 4.85. The molecule has 1 aromatic rings. The first-order chi connectivity index (χ1) is 9.18. The number of rotatable bonds is 4. The Bertz CT molecular complexity index is 443. The fourth-order valence-corrected chi connectivity index (χ4v) is 3.32. The van der Waals surface area contributed by atoms with Crippen molar-refractivity contribution >= 4 is 23.6 Å². The Labute approximate surface area is 116 Å². The first kappa shape index (κ1) is 13.9. The molecule has 0 bridgehead atoms. The molecule has 5 heteroatoms. The maximum atomic E-state index is 12.1. The van der Waals surface area contributed by atoms with Crippen LogP contribution in [-0.4, -0.2) is 28.0 Å². The zero-order chi connectivity index (χ0) is 13.7. The van der Waals surface area contributed by atoms with Crippen LogP contribution >= 0.6 is 11.8 Å². The molecule has 0 radical (unpaired) electrons. The van der Waals surface area contributed by atoms with Crippen LogP contribution in [0.25, 0.3) is 0 Å². The van der Waals surface area contributed by atoms with E-state index in [2.05, 4.69) is 5.32 Å². The number of carboxylic acids is 1. The highest BCUT2D eigenvalue weighted by Gasteiger charge is 2.27. The van der Waals surface area contributed by atoms with E-state index in [1.165, 1.54) is 0 Å². The highest BCUT2D eigenvalue weighted by Crippen LogP contribution is 2.26. The average molecular weight is 279 g/mol. The summed E-state index contributed by atoms with van der Waals surface area (Å²) in [7, 11) is 0. The molecule has 1 aromatic carbocycles. The van der Waals surface area contributed by atoms with Crippen LogP contribution in [0.1, 0.15) is 30.9 Å². The van der Waals surface area contributed by atoms with Gasteiger partial charge < -0.3 is 10.4 Å². The maximum absolute atomic E-state index is 12.1. The third-order valence-corrected chi connectivity index (χ3v) is 4.52. The molecule has 1 saturated heterocycles. The number of benzene rings is 1. The second kappa shape index (κ2) is 6.61. The number of thioether (sulfide) groups is 1. The Morgan fingerprint density at radius 3 is 2.58 bits per heavy atom. The molecule has 2 rings (SSSR count). The highest BCUT2D eigenvalue weighted by atomic mass is 32.2. The number of carboxylic acid groups (broad SMARTS) is 1. The van der Waals surface area contributed by atoms with Gasteiger partial charge >= 0.3 is 5.97 Å². The van der Waals surface area contributed by atoms with Gasteiger partial charge in [0.1, 0.15) is 0 Å².